The molecular formula is C18H17F2NO7S. The number of methoxy groups -OCH3 is 2. The molecule has 0 atom stereocenters. The zero-order valence-electron chi connectivity index (χ0n) is 15.3. The van der Waals surface area contributed by atoms with Crippen LogP contribution in [0.3, 0.4) is 0 Å². The smallest absolute Gasteiger partial charge is 0.342 e. The molecular weight excluding hydrogens is 412 g/mol. The van der Waals surface area contributed by atoms with Gasteiger partial charge < -0.3 is 19.5 Å². The fourth-order valence-electron chi connectivity index (χ4n) is 2.20. The summed E-state index contributed by atoms with van der Waals surface area (Å²) in [5.74, 6) is -4.40. The van der Waals surface area contributed by atoms with Crippen LogP contribution < -0.4 is 14.8 Å². The van der Waals surface area contributed by atoms with E-state index in [9.17, 15) is 26.8 Å². The molecule has 2 aromatic carbocycles. The van der Waals surface area contributed by atoms with Gasteiger partial charge in [-0.3, -0.25) is 4.79 Å². The number of alkyl halides is 2. The van der Waals surface area contributed by atoms with Gasteiger partial charge in [0, 0.05) is 11.8 Å². The molecule has 0 aliphatic carbocycles. The van der Waals surface area contributed by atoms with Gasteiger partial charge >= 0.3 is 11.7 Å². The molecule has 156 valence electrons. The first-order valence-electron chi connectivity index (χ1n) is 8.00. The molecule has 11 heteroatoms. The van der Waals surface area contributed by atoms with Crippen molar-refractivity contribution in [2.75, 3.05) is 26.1 Å². The van der Waals surface area contributed by atoms with Crippen molar-refractivity contribution < 1.29 is 41.0 Å². The van der Waals surface area contributed by atoms with E-state index in [1.807, 2.05) is 0 Å². The summed E-state index contributed by atoms with van der Waals surface area (Å²) in [7, 11) is -1.91. The zero-order valence-corrected chi connectivity index (χ0v) is 16.2. The largest absolute Gasteiger partial charge is 0.497 e. The Hall–Kier alpha value is -3.21. The van der Waals surface area contributed by atoms with E-state index in [4.69, 9.17) is 14.2 Å². The first-order valence-corrected chi connectivity index (χ1v) is 9.54. The molecule has 0 bridgehead atoms. The van der Waals surface area contributed by atoms with Gasteiger partial charge in [0.05, 0.1) is 19.1 Å². The predicted molar refractivity (Wildman–Crippen MR) is 98.1 cm³/mol. The van der Waals surface area contributed by atoms with E-state index in [-0.39, 0.29) is 17.0 Å². The number of hydrogen-bond acceptors (Lipinski definition) is 7. The highest BCUT2D eigenvalue weighted by Crippen LogP contribution is 2.25. The lowest BCUT2D eigenvalue weighted by Crippen LogP contribution is -2.21. The Morgan fingerprint density at radius 1 is 1.03 bits per heavy atom. The van der Waals surface area contributed by atoms with E-state index in [2.05, 4.69) is 5.32 Å². The van der Waals surface area contributed by atoms with Crippen LogP contribution in [0.1, 0.15) is 10.4 Å². The Balaban J connectivity index is 1.97. The van der Waals surface area contributed by atoms with Crippen molar-refractivity contribution in [3.8, 4) is 11.5 Å². The molecule has 0 saturated heterocycles. The molecule has 0 radical (unpaired) electrons. The third-order valence-corrected chi connectivity index (χ3v) is 5.06. The van der Waals surface area contributed by atoms with Gasteiger partial charge in [0.2, 0.25) is 9.84 Å². The van der Waals surface area contributed by atoms with Gasteiger partial charge in [-0.1, -0.05) is 0 Å². The highest BCUT2D eigenvalue weighted by molar-refractivity contribution is 7.91. The molecule has 0 fully saturated rings. The number of amides is 1. The number of sulfone groups is 1. The topological polar surface area (TPSA) is 108 Å². The van der Waals surface area contributed by atoms with Crippen molar-refractivity contribution in [2.45, 2.75) is 10.7 Å². The summed E-state index contributed by atoms with van der Waals surface area (Å²) in [4.78, 5) is 23.5. The minimum Gasteiger partial charge on any atom is -0.497 e. The third kappa shape index (κ3) is 5.41. The summed E-state index contributed by atoms with van der Waals surface area (Å²) in [6.07, 6.45) is 0. The molecule has 2 aromatic rings. The minimum absolute atomic E-state index is 0.0858. The van der Waals surface area contributed by atoms with E-state index >= 15 is 0 Å². The monoisotopic (exact) mass is 429 g/mol. The number of rotatable bonds is 8. The molecule has 0 heterocycles. The van der Waals surface area contributed by atoms with Gasteiger partial charge in [-0.2, -0.15) is 8.78 Å². The number of carbonyl (C=O) groups is 2. The Morgan fingerprint density at radius 2 is 1.69 bits per heavy atom. The van der Waals surface area contributed by atoms with Crippen molar-refractivity contribution in [2.24, 2.45) is 0 Å². The summed E-state index contributed by atoms with van der Waals surface area (Å²) in [5, 5.41) is 2.35. The summed E-state index contributed by atoms with van der Waals surface area (Å²) < 4.78 is 62.7. The van der Waals surface area contributed by atoms with Crippen LogP contribution in [0.2, 0.25) is 0 Å². The normalized spacial score (nSPS) is 11.1. The summed E-state index contributed by atoms with van der Waals surface area (Å²) in [6.45, 7) is -0.634. The maximum absolute atomic E-state index is 12.5. The molecule has 29 heavy (non-hydrogen) atoms. The molecule has 0 saturated carbocycles. The van der Waals surface area contributed by atoms with Crippen molar-refractivity contribution in [1.82, 2.24) is 0 Å². The van der Waals surface area contributed by atoms with Gasteiger partial charge in [-0.25, -0.2) is 13.2 Å². The van der Waals surface area contributed by atoms with E-state index in [0.29, 0.717) is 5.75 Å². The van der Waals surface area contributed by atoms with Crippen molar-refractivity contribution in [1.29, 1.82) is 0 Å². The van der Waals surface area contributed by atoms with E-state index in [1.54, 1.807) is 0 Å². The number of esters is 1. The van der Waals surface area contributed by atoms with Crippen LogP contribution >= 0.6 is 0 Å². The molecule has 1 amide bonds. The molecule has 0 unspecified atom stereocenters. The highest BCUT2D eigenvalue weighted by Gasteiger charge is 2.26. The van der Waals surface area contributed by atoms with Crippen LogP contribution in [0.4, 0.5) is 14.5 Å². The Kier molecular flexibility index (Phi) is 7.10. The molecule has 1 N–H and O–H groups in total. The number of ether oxygens (including phenoxy) is 3. The van der Waals surface area contributed by atoms with E-state index < -0.39 is 39.0 Å². The Morgan fingerprint density at radius 3 is 2.24 bits per heavy atom. The van der Waals surface area contributed by atoms with E-state index in [1.165, 1.54) is 32.4 Å². The lowest BCUT2D eigenvalue weighted by molar-refractivity contribution is -0.119. The SMILES string of the molecule is COc1ccc(C(=O)OCC(=O)Nc2ccc(S(=O)(=O)C(F)F)cc2)c(OC)c1. The predicted octanol–water partition coefficient (Wildman–Crippen LogP) is 2.50. The Bertz CT molecular complexity index is 992. The summed E-state index contributed by atoms with van der Waals surface area (Å²) in [5.41, 5.74) is 0.226. The number of anilines is 1. The quantitative estimate of drug-likeness (QED) is 0.643. The third-order valence-electron chi connectivity index (χ3n) is 3.66. The minimum atomic E-state index is -4.72. The number of nitrogens with one attached hydrogen (secondary N) is 1. The summed E-state index contributed by atoms with van der Waals surface area (Å²) >= 11 is 0. The second-order valence-electron chi connectivity index (χ2n) is 5.52. The second-order valence-corrected chi connectivity index (χ2v) is 7.44. The zero-order chi connectivity index (χ0) is 21.6. The van der Waals surface area contributed by atoms with Crippen LogP contribution in [-0.2, 0) is 19.4 Å². The van der Waals surface area contributed by atoms with Crippen LogP contribution in [0.5, 0.6) is 11.5 Å². The molecule has 0 aliphatic rings. The number of halogens is 2. The fourth-order valence-corrected chi connectivity index (χ4v) is 2.93. The van der Waals surface area contributed by atoms with Crippen molar-refractivity contribution >= 4 is 27.4 Å². The molecule has 8 nitrogen and oxygen atoms in total. The second kappa shape index (κ2) is 9.32. The standard InChI is InChI=1S/C18H17F2NO7S/c1-26-12-5-8-14(15(9-12)27-2)17(23)28-10-16(22)21-11-3-6-13(7-4-11)29(24,25)18(19)20/h3-9,18H,10H2,1-2H3,(H,21,22). The first-order chi connectivity index (χ1) is 13.7. The van der Waals surface area contributed by atoms with Gasteiger partial charge in [0.1, 0.15) is 17.1 Å². The first kappa shape index (κ1) is 22.1. The number of carbonyl (C=O) groups excluding carboxylic acids is 2. The maximum Gasteiger partial charge on any atom is 0.342 e. The average molecular weight is 429 g/mol. The molecule has 0 spiro atoms. The van der Waals surface area contributed by atoms with Crippen molar-refractivity contribution in [3.63, 3.8) is 0 Å². The lowest BCUT2D eigenvalue weighted by atomic mass is 10.2. The molecule has 2 rings (SSSR count). The van der Waals surface area contributed by atoms with Gasteiger partial charge in [0.15, 0.2) is 6.61 Å². The highest BCUT2D eigenvalue weighted by atomic mass is 32.2. The molecule has 0 aliphatic heterocycles. The number of hydrogen-bond donors (Lipinski definition) is 1. The van der Waals surface area contributed by atoms with Gasteiger partial charge in [0.25, 0.3) is 5.91 Å². The maximum atomic E-state index is 12.5. The van der Waals surface area contributed by atoms with Crippen LogP contribution in [0.15, 0.2) is 47.4 Å². The van der Waals surface area contributed by atoms with Crippen molar-refractivity contribution in [3.05, 3.63) is 48.0 Å². The lowest BCUT2D eigenvalue weighted by Gasteiger charge is -2.11. The average Bonchev–Trinajstić information content (AvgIpc) is 2.71. The summed E-state index contributed by atoms with van der Waals surface area (Å²) in [6, 6.07) is 8.57. The number of benzene rings is 2. The van der Waals surface area contributed by atoms with Gasteiger partial charge in [-0.05, 0) is 36.4 Å². The fraction of sp³-hybridized carbons (Fsp3) is 0.222. The Labute approximate surface area is 165 Å². The van der Waals surface area contributed by atoms with Crippen LogP contribution in [0.25, 0.3) is 0 Å². The molecule has 0 aromatic heterocycles. The van der Waals surface area contributed by atoms with Crippen LogP contribution in [0, 0.1) is 0 Å². The van der Waals surface area contributed by atoms with Gasteiger partial charge in [-0.15, -0.1) is 0 Å². The van der Waals surface area contributed by atoms with E-state index in [0.717, 1.165) is 24.3 Å². The van der Waals surface area contributed by atoms with Crippen LogP contribution in [-0.4, -0.2) is 46.9 Å².